The molecule has 0 saturated heterocycles. The van der Waals surface area contributed by atoms with Crippen molar-refractivity contribution >= 4 is 17.6 Å². The van der Waals surface area contributed by atoms with Gasteiger partial charge in [0.15, 0.2) is 0 Å². The van der Waals surface area contributed by atoms with Gasteiger partial charge in [0.05, 0.1) is 5.69 Å². The zero-order valence-electron chi connectivity index (χ0n) is 15.1. The van der Waals surface area contributed by atoms with Crippen LogP contribution in [0.15, 0.2) is 68.0 Å². The summed E-state index contributed by atoms with van der Waals surface area (Å²) >= 11 is 0. The van der Waals surface area contributed by atoms with Crippen LogP contribution in [0.5, 0.6) is 0 Å². The minimum Gasteiger partial charge on any atom is -0.374 e. The quantitative estimate of drug-likeness (QED) is 0.287. The number of para-hydroxylation sites is 1. The summed E-state index contributed by atoms with van der Waals surface area (Å²) < 4.78 is 3.06. The van der Waals surface area contributed by atoms with Gasteiger partial charge in [-0.15, -0.1) is 10.2 Å². The summed E-state index contributed by atoms with van der Waals surface area (Å²) in [5.74, 6) is 0.749. The van der Waals surface area contributed by atoms with Crippen LogP contribution in [0.2, 0.25) is 0 Å². The smallest absolute Gasteiger partial charge is 0.374 e. The van der Waals surface area contributed by atoms with E-state index in [1.54, 1.807) is 29.9 Å². The Labute approximate surface area is 184 Å². The monoisotopic (exact) mass is 576 g/mol. The molecule has 0 aliphatic rings. The SMILES string of the molecule is [Pt+2].[c-]1ncncc1-n1cnc(N(c2ccccc2)c2ncn(-c3[c-]ncnc3)n2)n1. The first-order valence-electron chi connectivity index (χ1n) is 8.43. The molecule has 0 aliphatic carbocycles. The van der Waals surface area contributed by atoms with Gasteiger partial charge in [-0.1, -0.05) is 43.0 Å². The van der Waals surface area contributed by atoms with Gasteiger partial charge in [-0.05, 0) is 36.2 Å². The van der Waals surface area contributed by atoms with E-state index in [2.05, 4.69) is 52.5 Å². The number of anilines is 3. The zero-order valence-corrected chi connectivity index (χ0v) is 17.4. The van der Waals surface area contributed by atoms with Gasteiger partial charge < -0.3 is 19.9 Å². The summed E-state index contributed by atoms with van der Waals surface area (Å²) in [6.07, 6.45) is 14.7. The van der Waals surface area contributed by atoms with Gasteiger partial charge >= 0.3 is 21.1 Å². The molecule has 0 saturated carbocycles. The standard InChI is InChI=1S/C18H11N11.Pt/c1-2-4-14(5-3-1)29(17-23-12-27(25-17)15-6-19-10-20-7-15)18-24-13-28(26-18)16-8-21-11-22-9-16;/h1-6,8,10-13H;/q-2;+2. The average Bonchev–Trinajstić information content (AvgIpc) is 3.47. The van der Waals surface area contributed by atoms with Crippen LogP contribution < -0.4 is 4.90 Å². The predicted molar refractivity (Wildman–Crippen MR) is 99.8 cm³/mol. The Morgan fingerprint density at radius 1 is 0.733 bits per heavy atom. The molecule has 4 aromatic heterocycles. The van der Waals surface area contributed by atoms with E-state index in [1.165, 1.54) is 22.0 Å². The molecule has 0 N–H and O–H groups in total. The minimum atomic E-state index is 0. The van der Waals surface area contributed by atoms with E-state index in [1.807, 2.05) is 30.3 Å². The van der Waals surface area contributed by atoms with E-state index in [4.69, 9.17) is 0 Å². The Morgan fingerprint density at radius 2 is 1.27 bits per heavy atom. The van der Waals surface area contributed by atoms with E-state index in [0.717, 1.165) is 5.69 Å². The number of hydrogen-bond acceptors (Lipinski definition) is 9. The second-order valence-electron chi connectivity index (χ2n) is 5.69. The number of hydrogen-bond donors (Lipinski definition) is 0. The van der Waals surface area contributed by atoms with Crippen molar-refractivity contribution in [3.8, 4) is 11.4 Å². The van der Waals surface area contributed by atoms with Gasteiger partial charge in [-0.3, -0.25) is 0 Å². The number of nitrogens with zero attached hydrogens (tertiary/aromatic N) is 11. The molecule has 4 heterocycles. The van der Waals surface area contributed by atoms with Gasteiger partial charge in [-0.2, -0.15) is 9.97 Å². The van der Waals surface area contributed by atoms with Crippen molar-refractivity contribution in [2.75, 3.05) is 4.90 Å². The van der Waals surface area contributed by atoms with Gasteiger partial charge in [0, 0.05) is 0 Å². The van der Waals surface area contributed by atoms with Crippen LogP contribution in [0.3, 0.4) is 0 Å². The Balaban J connectivity index is 0.00000218. The van der Waals surface area contributed by atoms with Crippen molar-refractivity contribution in [1.29, 1.82) is 0 Å². The molecule has 0 radical (unpaired) electrons. The third kappa shape index (κ3) is 3.83. The van der Waals surface area contributed by atoms with Crippen LogP contribution >= 0.6 is 0 Å². The van der Waals surface area contributed by atoms with Crippen molar-refractivity contribution in [1.82, 2.24) is 49.5 Å². The van der Waals surface area contributed by atoms with E-state index >= 15 is 0 Å². The molecular weight excluding hydrogens is 565 g/mol. The van der Waals surface area contributed by atoms with Gasteiger partial charge in [0.1, 0.15) is 12.7 Å². The molecule has 0 amide bonds. The maximum absolute atomic E-state index is 4.51. The van der Waals surface area contributed by atoms with Crippen molar-refractivity contribution < 1.29 is 21.1 Å². The largest absolute Gasteiger partial charge is 2.00 e. The second-order valence-corrected chi connectivity index (χ2v) is 5.69. The number of benzene rings is 1. The molecule has 5 rings (SSSR count). The van der Waals surface area contributed by atoms with E-state index < -0.39 is 0 Å². The van der Waals surface area contributed by atoms with Crippen LogP contribution in [-0.4, -0.2) is 49.5 Å². The van der Waals surface area contributed by atoms with Gasteiger partial charge in [0.2, 0.25) is 0 Å². The fourth-order valence-corrected chi connectivity index (χ4v) is 2.59. The Kier molecular flexibility index (Phi) is 5.62. The Hall–Kier alpha value is -3.85. The van der Waals surface area contributed by atoms with Crippen molar-refractivity contribution in [3.63, 3.8) is 0 Å². The molecule has 5 aromatic rings. The van der Waals surface area contributed by atoms with Gasteiger partial charge in [-0.25, -0.2) is 14.3 Å². The third-order valence-electron chi connectivity index (χ3n) is 3.87. The summed E-state index contributed by atoms with van der Waals surface area (Å²) in [6, 6.07) is 9.57. The first-order chi connectivity index (χ1) is 14.4. The topological polar surface area (TPSA) is 116 Å². The molecule has 148 valence electrons. The van der Waals surface area contributed by atoms with Crippen LogP contribution in [0.4, 0.5) is 17.6 Å². The Bertz CT molecular complexity index is 1130. The predicted octanol–water partition coefficient (Wildman–Crippen LogP) is 1.50. The Morgan fingerprint density at radius 3 is 1.73 bits per heavy atom. The first kappa shape index (κ1) is 19.5. The molecule has 0 bridgehead atoms. The fourth-order valence-electron chi connectivity index (χ4n) is 2.59. The molecule has 0 unspecified atom stereocenters. The van der Waals surface area contributed by atoms with Crippen molar-refractivity contribution in [3.05, 3.63) is 80.4 Å². The van der Waals surface area contributed by atoms with Crippen molar-refractivity contribution in [2.45, 2.75) is 0 Å². The minimum absolute atomic E-state index is 0. The average molecular weight is 576 g/mol. The molecule has 1 aromatic carbocycles. The molecule has 0 fully saturated rings. The maximum atomic E-state index is 4.51. The number of rotatable bonds is 5. The van der Waals surface area contributed by atoms with E-state index in [0.29, 0.717) is 23.3 Å². The summed E-state index contributed by atoms with van der Waals surface area (Å²) in [7, 11) is 0. The summed E-state index contributed by atoms with van der Waals surface area (Å²) in [6.45, 7) is 0. The summed E-state index contributed by atoms with van der Waals surface area (Å²) in [5, 5.41) is 9.03. The summed E-state index contributed by atoms with van der Waals surface area (Å²) in [5.41, 5.74) is 1.92. The zero-order chi connectivity index (χ0) is 19.5. The third-order valence-corrected chi connectivity index (χ3v) is 3.87. The van der Waals surface area contributed by atoms with Crippen LogP contribution in [0.25, 0.3) is 11.4 Å². The van der Waals surface area contributed by atoms with Crippen LogP contribution in [0.1, 0.15) is 0 Å². The normalized spacial score (nSPS) is 10.4. The molecule has 0 aliphatic heterocycles. The maximum Gasteiger partial charge on any atom is 2.00 e. The fraction of sp³-hybridized carbons (Fsp3) is 0. The molecule has 0 atom stereocenters. The number of aromatic nitrogens is 10. The van der Waals surface area contributed by atoms with Crippen molar-refractivity contribution in [2.24, 2.45) is 0 Å². The molecular formula is C18H11N11Pt. The molecule has 30 heavy (non-hydrogen) atoms. The van der Waals surface area contributed by atoms with Crippen LogP contribution in [0, 0.1) is 12.4 Å². The van der Waals surface area contributed by atoms with E-state index in [9.17, 15) is 0 Å². The molecule has 11 nitrogen and oxygen atoms in total. The first-order valence-corrected chi connectivity index (χ1v) is 8.43. The molecule has 0 spiro atoms. The second kappa shape index (κ2) is 8.66. The summed E-state index contributed by atoms with van der Waals surface area (Å²) in [4.78, 5) is 26.3. The van der Waals surface area contributed by atoms with E-state index in [-0.39, 0.29) is 21.1 Å². The van der Waals surface area contributed by atoms with Gasteiger partial charge in [0.25, 0.3) is 11.9 Å². The van der Waals surface area contributed by atoms with Crippen LogP contribution in [-0.2, 0) is 21.1 Å². The molecule has 12 heteroatoms.